The van der Waals surface area contributed by atoms with Crippen LogP contribution in [-0.4, -0.2) is 46.3 Å². The summed E-state index contributed by atoms with van der Waals surface area (Å²) in [6, 6.07) is 3.37. The first-order valence-electron chi connectivity index (χ1n) is 5.10. The summed E-state index contributed by atoms with van der Waals surface area (Å²) in [5.41, 5.74) is 0.499. The first kappa shape index (κ1) is 13.0. The molecule has 92 valence electrons. The normalized spacial score (nSPS) is 9.94. The van der Waals surface area contributed by atoms with Crippen molar-refractivity contribution in [3.8, 4) is 0 Å². The summed E-state index contributed by atoms with van der Waals surface area (Å²) in [5.74, 6) is -1.31. The van der Waals surface area contributed by atoms with E-state index in [4.69, 9.17) is 5.11 Å². The zero-order valence-electron chi connectivity index (χ0n) is 9.50. The van der Waals surface area contributed by atoms with Crippen LogP contribution >= 0.6 is 0 Å². The molecule has 6 nitrogen and oxygen atoms in total. The maximum absolute atomic E-state index is 11.5. The van der Waals surface area contributed by atoms with Gasteiger partial charge < -0.3 is 14.6 Å². The highest BCUT2D eigenvalue weighted by Crippen LogP contribution is 2.02. The van der Waals surface area contributed by atoms with Crippen molar-refractivity contribution in [2.24, 2.45) is 0 Å². The van der Waals surface area contributed by atoms with Crippen molar-refractivity contribution < 1.29 is 19.5 Å². The molecule has 0 aliphatic rings. The molecule has 0 saturated heterocycles. The number of carboxylic acid groups (broad SMARTS) is 1. The van der Waals surface area contributed by atoms with E-state index in [1.807, 2.05) is 0 Å². The van der Waals surface area contributed by atoms with E-state index in [-0.39, 0.29) is 18.9 Å². The summed E-state index contributed by atoms with van der Waals surface area (Å²) in [5, 5.41) is 8.52. The molecule has 1 aromatic rings. The first-order chi connectivity index (χ1) is 8.04. The maximum Gasteiger partial charge on any atom is 0.323 e. The van der Waals surface area contributed by atoms with Crippen molar-refractivity contribution in [3.63, 3.8) is 0 Å². The van der Waals surface area contributed by atoms with Crippen LogP contribution in [0.1, 0.15) is 16.9 Å². The second-order valence-electron chi connectivity index (χ2n) is 3.64. The van der Waals surface area contributed by atoms with Crippen molar-refractivity contribution in [3.05, 3.63) is 24.0 Å². The molecule has 0 fully saturated rings. The Labute approximate surface area is 98.4 Å². The Hall–Kier alpha value is -2.11. The summed E-state index contributed by atoms with van der Waals surface area (Å²) in [6.45, 7) is 0.0505. The highest BCUT2D eigenvalue weighted by atomic mass is 16.4. The maximum atomic E-state index is 11.5. The monoisotopic (exact) mass is 238 g/mol. The lowest BCUT2D eigenvalue weighted by atomic mass is 10.3. The minimum atomic E-state index is -1.05. The van der Waals surface area contributed by atoms with Gasteiger partial charge in [0, 0.05) is 26.2 Å². The van der Waals surface area contributed by atoms with E-state index in [0.717, 1.165) is 4.90 Å². The van der Waals surface area contributed by atoms with Crippen molar-refractivity contribution in [2.45, 2.75) is 13.0 Å². The van der Waals surface area contributed by atoms with Gasteiger partial charge in [-0.05, 0) is 12.1 Å². The van der Waals surface area contributed by atoms with E-state index in [1.54, 1.807) is 22.9 Å². The zero-order valence-corrected chi connectivity index (χ0v) is 9.50. The van der Waals surface area contributed by atoms with Crippen molar-refractivity contribution >= 4 is 18.2 Å². The Kier molecular flexibility index (Phi) is 4.45. The van der Waals surface area contributed by atoms with E-state index in [1.165, 1.54) is 7.05 Å². The van der Waals surface area contributed by atoms with Gasteiger partial charge in [-0.2, -0.15) is 0 Å². The lowest BCUT2D eigenvalue weighted by molar-refractivity contribution is -0.143. The number of aromatic nitrogens is 1. The quantitative estimate of drug-likeness (QED) is 0.720. The Morgan fingerprint density at radius 2 is 2.24 bits per heavy atom. The number of aliphatic carboxylic acids is 1. The van der Waals surface area contributed by atoms with Crippen LogP contribution in [0.5, 0.6) is 0 Å². The Morgan fingerprint density at radius 1 is 1.53 bits per heavy atom. The molecule has 1 N–H and O–H groups in total. The molecule has 0 aliphatic carbocycles. The summed E-state index contributed by atoms with van der Waals surface area (Å²) in [4.78, 5) is 33.7. The fourth-order valence-electron chi connectivity index (χ4n) is 1.44. The van der Waals surface area contributed by atoms with Crippen LogP contribution in [0.3, 0.4) is 0 Å². The standard InChI is InChI=1S/C11H14N2O4/c1-12(7-11(16)17)10(15)4-6-13-5-2-3-9(13)8-14/h2-3,5,8H,4,6-7H2,1H3,(H,16,17). The fraction of sp³-hybridized carbons (Fsp3) is 0.364. The number of rotatable bonds is 6. The number of aldehydes is 1. The first-order valence-corrected chi connectivity index (χ1v) is 5.10. The largest absolute Gasteiger partial charge is 0.480 e. The number of hydrogen-bond donors (Lipinski definition) is 1. The molecule has 1 amide bonds. The highest BCUT2D eigenvalue weighted by molar-refractivity contribution is 5.81. The molecule has 1 aromatic heterocycles. The number of carbonyl (C=O) groups excluding carboxylic acids is 2. The van der Waals surface area contributed by atoms with Gasteiger partial charge in [-0.3, -0.25) is 14.4 Å². The Morgan fingerprint density at radius 3 is 2.82 bits per heavy atom. The van der Waals surface area contributed by atoms with Crippen LogP contribution in [0.15, 0.2) is 18.3 Å². The fourth-order valence-corrected chi connectivity index (χ4v) is 1.44. The summed E-state index contributed by atoms with van der Waals surface area (Å²) in [7, 11) is 1.44. The number of carboxylic acids is 1. The number of carbonyl (C=O) groups is 3. The Bertz CT molecular complexity index is 425. The van der Waals surface area contributed by atoms with Gasteiger partial charge in [0.2, 0.25) is 5.91 Å². The molecule has 6 heteroatoms. The average molecular weight is 238 g/mol. The summed E-state index contributed by atoms with van der Waals surface area (Å²) < 4.78 is 1.65. The van der Waals surface area contributed by atoms with Crippen LogP contribution < -0.4 is 0 Å². The predicted octanol–water partition coefficient (Wildman–Crippen LogP) is 0.234. The van der Waals surface area contributed by atoms with Gasteiger partial charge in [0.05, 0.1) is 5.69 Å². The van der Waals surface area contributed by atoms with Crippen molar-refractivity contribution in [2.75, 3.05) is 13.6 Å². The molecular formula is C11H14N2O4. The summed E-state index contributed by atoms with van der Waals surface area (Å²) in [6.07, 6.45) is 2.58. The van der Waals surface area contributed by atoms with Crippen molar-refractivity contribution in [1.82, 2.24) is 9.47 Å². The number of hydrogen-bond acceptors (Lipinski definition) is 3. The molecule has 1 heterocycles. The third-order valence-corrected chi connectivity index (χ3v) is 2.35. The van der Waals surface area contributed by atoms with Crippen LogP contribution in [0.2, 0.25) is 0 Å². The van der Waals surface area contributed by atoms with Crippen LogP contribution in [-0.2, 0) is 16.1 Å². The van der Waals surface area contributed by atoms with Gasteiger partial charge in [0.15, 0.2) is 6.29 Å². The van der Waals surface area contributed by atoms with E-state index in [2.05, 4.69) is 0 Å². The van der Waals surface area contributed by atoms with E-state index in [0.29, 0.717) is 18.5 Å². The molecule has 0 radical (unpaired) electrons. The third kappa shape index (κ3) is 3.75. The van der Waals surface area contributed by atoms with E-state index < -0.39 is 5.97 Å². The van der Waals surface area contributed by atoms with Gasteiger partial charge in [-0.25, -0.2) is 0 Å². The molecule has 0 bridgehead atoms. The second kappa shape index (κ2) is 5.83. The van der Waals surface area contributed by atoms with Crippen molar-refractivity contribution in [1.29, 1.82) is 0 Å². The highest BCUT2D eigenvalue weighted by Gasteiger charge is 2.12. The number of nitrogens with zero attached hydrogens (tertiary/aromatic N) is 2. The number of likely N-dealkylation sites (N-methyl/N-ethyl adjacent to an activating group) is 1. The molecular weight excluding hydrogens is 224 g/mol. The molecule has 17 heavy (non-hydrogen) atoms. The van der Waals surface area contributed by atoms with E-state index >= 15 is 0 Å². The van der Waals surface area contributed by atoms with Crippen LogP contribution in [0, 0.1) is 0 Å². The lowest BCUT2D eigenvalue weighted by Gasteiger charge is -2.14. The minimum Gasteiger partial charge on any atom is -0.480 e. The van der Waals surface area contributed by atoms with Gasteiger partial charge >= 0.3 is 5.97 Å². The zero-order chi connectivity index (χ0) is 12.8. The SMILES string of the molecule is CN(CC(=O)O)C(=O)CCn1cccc1C=O. The molecule has 0 aromatic carbocycles. The average Bonchev–Trinajstić information content (AvgIpc) is 2.72. The molecule has 0 saturated carbocycles. The molecule has 0 aliphatic heterocycles. The summed E-state index contributed by atoms with van der Waals surface area (Å²) >= 11 is 0. The number of amides is 1. The minimum absolute atomic E-state index is 0.166. The smallest absolute Gasteiger partial charge is 0.323 e. The molecule has 0 spiro atoms. The van der Waals surface area contributed by atoms with Gasteiger partial charge in [0.25, 0.3) is 0 Å². The number of aryl methyl sites for hydroxylation is 1. The predicted molar refractivity (Wildman–Crippen MR) is 59.7 cm³/mol. The van der Waals surface area contributed by atoms with Gasteiger partial charge in [0.1, 0.15) is 6.54 Å². The van der Waals surface area contributed by atoms with Crippen LogP contribution in [0.25, 0.3) is 0 Å². The van der Waals surface area contributed by atoms with Gasteiger partial charge in [-0.1, -0.05) is 0 Å². The molecule has 0 atom stereocenters. The second-order valence-corrected chi connectivity index (χ2v) is 3.64. The van der Waals surface area contributed by atoms with Gasteiger partial charge in [-0.15, -0.1) is 0 Å². The molecule has 0 unspecified atom stereocenters. The Balaban J connectivity index is 2.48. The lowest BCUT2D eigenvalue weighted by Crippen LogP contribution is -2.32. The molecule has 1 rings (SSSR count). The van der Waals surface area contributed by atoms with Crippen LogP contribution in [0.4, 0.5) is 0 Å². The van der Waals surface area contributed by atoms with E-state index in [9.17, 15) is 14.4 Å². The topological polar surface area (TPSA) is 79.6 Å². The third-order valence-electron chi connectivity index (χ3n) is 2.35.